The number of hydrazone groups is 1. The molecule has 0 fully saturated rings. The molecule has 1 amide bonds. The molecule has 0 saturated heterocycles. The standard InChI is InChI=1S/C31H37ClN4O5S/c1-4-5-6-7-8-9-27-35-36-29(33)24(30(37)34-31(36)42-27)18-22-19-25(32)28(26(20-22)38-3)41-17-15-39-14-16-40-23-12-10-21(2)11-13-23/h10-13,18-20,33H,4-9,14-17H2,1-3H3/b24-18-,33-29?. The van der Waals surface area contributed by atoms with Crippen LogP contribution in [0.3, 0.4) is 0 Å². The molecule has 0 bridgehead atoms. The Labute approximate surface area is 256 Å². The van der Waals surface area contributed by atoms with Gasteiger partial charge in [-0.1, -0.05) is 61.9 Å². The number of rotatable bonds is 16. The first-order valence-corrected chi connectivity index (χ1v) is 15.4. The summed E-state index contributed by atoms with van der Waals surface area (Å²) < 4.78 is 22.6. The third kappa shape index (κ3) is 8.59. The number of aryl methyl sites for hydroxylation is 1. The number of carbonyl (C=O) groups excluding carboxylic acids is 1. The van der Waals surface area contributed by atoms with Crippen LogP contribution in [0.25, 0.3) is 6.08 Å². The fourth-order valence-electron chi connectivity index (χ4n) is 4.30. The average Bonchev–Trinajstić information content (AvgIpc) is 3.39. The second-order valence-corrected chi connectivity index (χ2v) is 11.3. The molecule has 0 aliphatic carbocycles. The minimum Gasteiger partial charge on any atom is -0.493 e. The third-order valence-corrected chi connectivity index (χ3v) is 7.79. The van der Waals surface area contributed by atoms with Gasteiger partial charge in [-0.25, -0.2) is 0 Å². The summed E-state index contributed by atoms with van der Waals surface area (Å²) in [5.41, 5.74) is 1.88. The monoisotopic (exact) mass is 612 g/mol. The number of amides is 1. The first-order chi connectivity index (χ1) is 20.4. The van der Waals surface area contributed by atoms with E-state index < -0.39 is 5.91 Å². The first-order valence-electron chi connectivity index (χ1n) is 14.2. The van der Waals surface area contributed by atoms with Crippen LogP contribution in [0.2, 0.25) is 5.02 Å². The summed E-state index contributed by atoms with van der Waals surface area (Å²) in [7, 11) is 1.51. The number of ether oxygens (including phenoxy) is 4. The second kappa shape index (κ2) is 15.8. The van der Waals surface area contributed by atoms with Gasteiger partial charge in [0.2, 0.25) is 5.17 Å². The van der Waals surface area contributed by atoms with E-state index in [0.29, 0.717) is 47.1 Å². The van der Waals surface area contributed by atoms with Gasteiger partial charge in [-0.2, -0.15) is 15.1 Å². The van der Waals surface area contributed by atoms with Crippen molar-refractivity contribution in [3.63, 3.8) is 0 Å². The van der Waals surface area contributed by atoms with E-state index in [1.807, 2.05) is 31.2 Å². The van der Waals surface area contributed by atoms with Crippen LogP contribution >= 0.6 is 23.4 Å². The van der Waals surface area contributed by atoms with Gasteiger partial charge in [0.05, 0.1) is 30.9 Å². The molecule has 0 aromatic heterocycles. The lowest BCUT2D eigenvalue weighted by molar-refractivity contribution is -0.114. The zero-order valence-electron chi connectivity index (χ0n) is 24.3. The number of unbranched alkanes of at least 4 members (excludes halogenated alkanes) is 4. The third-order valence-electron chi connectivity index (χ3n) is 6.54. The molecular weight excluding hydrogens is 576 g/mol. The van der Waals surface area contributed by atoms with Crippen LogP contribution in [-0.4, -0.2) is 60.5 Å². The molecule has 2 heterocycles. The molecule has 2 aromatic rings. The quantitative estimate of drug-likeness (QED) is 0.159. The maximum absolute atomic E-state index is 12.8. The van der Waals surface area contributed by atoms with Gasteiger partial charge in [-0.15, -0.1) is 0 Å². The van der Waals surface area contributed by atoms with E-state index in [9.17, 15) is 4.79 Å². The van der Waals surface area contributed by atoms with E-state index in [-0.39, 0.29) is 18.0 Å². The number of thioether (sulfide) groups is 1. The van der Waals surface area contributed by atoms with Gasteiger partial charge in [0, 0.05) is 0 Å². The smallest absolute Gasteiger partial charge is 0.283 e. The molecule has 0 radical (unpaired) electrons. The van der Waals surface area contributed by atoms with Gasteiger partial charge in [-0.05, 0) is 67.4 Å². The number of benzene rings is 2. The van der Waals surface area contributed by atoms with Crippen LogP contribution in [0.1, 0.15) is 56.6 Å². The van der Waals surface area contributed by atoms with Crippen LogP contribution < -0.4 is 14.2 Å². The number of aliphatic imine (C=N–C) groups is 1. The zero-order valence-corrected chi connectivity index (χ0v) is 25.9. The van der Waals surface area contributed by atoms with Gasteiger partial charge in [0.15, 0.2) is 17.3 Å². The molecule has 42 heavy (non-hydrogen) atoms. The molecule has 0 unspecified atom stereocenters. The number of halogens is 1. The maximum atomic E-state index is 12.8. The lowest BCUT2D eigenvalue weighted by Gasteiger charge is -2.20. The summed E-state index contributed by atoms with van der Waals surface area (Å²) in [5.74, 6) is 1.07. The van der Waals surface area contributed by atoms with Crippen molar-refractivity contribution < 1.29 is 23.7 Å². The Morgan fingerprint density at radius 1 is 1.02 bits per heavy atom. The minimum atomic E-state index is -0.489. The van der Waals surface area contributed by atoms with Crippen molar-refractivity contribution in [2.75, 3.05) is 33.5 Å². The van der Waals surface area contributed by atoms with Crippen LogP contribution in [0.5, 0.6) is 17.2 Å². The molecule has 4 rings (SSSR count). The molecule has 2 aliphatic rings. The minimum absolute atomic E-state index is 0.0163. The van der Waals surface area contributed by atoms with E-state index in [1.54, 1.807) is 18.2 Å². The number of hydrogen-bond acceptors (Lipinski definition) is 8. The number of methoxy groups -OCH3 is 1. The average molecular weight is 613 g/mol. The highest BCUT2D eigenvalue weighted by Crippen LogP contribution is 2.38. The van der Waals surface area contributed by atoms with Gasteiger partial charge in [0.1, 0.15) is 24.0 Å². The number of nitrogens with zero attached hydrogens (tertiary/aromatic N) is 3. The van der Waals surface area contributed by atoms with E-state index >= 15 is 0 Å². The molecule has 2 aliphatic heterocycles. The highest BCUT2D eigenvalue weighted by molar-refractivity contribution is 8.26. The van der Waals surface area contributed by atoms with Gasteiger partial charge in [-0.3, -0.25) is 10.2 Å². The van der Waals surface area contributed by atoms with Gasteiger partial charge < -0.3 is 18.9 Å². The predicted molar refractivity (Wildman–Crippen MR) is 169 cm³/mol. The summed E-state index contributed by atoms with van der Waals surface area (Å²) in [6, 6.07) is 11.2. The SMILES string of the molecule is CCCCCCCC1=NN2C(=N)/C(=C/c3cc(Cl)c(OCCOCCOc4ccc(C)cc4)c(OC)c3)C(=O)N=C2S1. The number of nitrogens with one attached hydrogen (secondary N) is 1. The molecule has 224 valence electrons. The number of fused-ring (bicyclic) bond motifs is 1. The lowest BCUT2D eigenvalue weighted by atomic mass is 10.1. The summed E-state index contributed by atoms with van der Waals surface area (Å²) >= 11 is 7.90. The van der Waals surface area contributed by atoms with E-state index in [4.69, 9.17) is 36.0 Å². The number of amidine groups is 2. The van der Waals surface area contributed by atoms with Gasteiger partial charge >= 0.3 is 0 Å². The Morgan fingerprint density at radius 3 is 2.50 bits per heavy atom. The van der Waals surface area contributed by atoms with Crippen LogP contribution in [0, 0.1) is 12.3 Å². The highest BCUT2D eigenvalue weighted by Gasteiger charge is 2.35. The van der Waals surface area contributed by atoms with Crippen molar-refractivity contribution in [2.24, 2.45) is 10.1 Å². The number of carbonyl (C=O) groups is 1. The first kappa shape index (κ1) is 31.6. The molecule has 1 N–H and O–H groups in total. The molecule has 0 spiro atoms. The van der Waals surface area contributed by atoms with Crippen LogP contribution in [0.15, 0.2) is 52.1 Å². The number of hydrogen-bond donors (Lipinski definition) is 1. The van der Waals surface area contributed by atoms with Crippen molar-refractivity contribution in [1.29, 1.82) is 5.41 Å². The van der Waals surface area contributed by atoms with Crippen molar-refractivity contribution in [2.45, 2.75) is 52.4 Å². The van der Waals surface area contributed by atoms with Crippen molar-refractivity contribution >= 4 is 51.4 Å². The molecule has 2 aromatic carbocycles. The Balaban J connectivity index is 1.31. The van der Waals surface area contributed by atoms with Crippen molar-refractivity contribution in [1.82, 2.24) is 5.01 Å². The predicted octanol–water partition coefficient (Wildman–Crippen LogP) is 7.11. The summed E-state index contributed by atoms with van der Waals surface area (Å²) in [6.45, 7) is 5.66. The Kier molecular flexibility index (Phi) is 11.9. The Hall–Kier alpha value is -3.34. The Morgan fingerprint density at radius 2 is 1.76 bits per heavy atom. The van der Waals surface area contributed by atoms with E-state index in [1.165, 1.54) is 48.7 Å². The van der Waals surface area contributed by atoms with Crippen LogP contribution in [-0.2, 0) is 9.53 Å². The normalized spacial score (nSPS) is 15.5. The Bertz CT molecular complexity index is 1360. The van der Waals surface area contributed by atoms with Crippen molar-refractivity contribution in [3.05, 3.63) is 58.1 Å². The molecule has 0 saturated carbocycles. The summed E-state index contributed by atoms with van der Waals surface area (Å²) in [5, 5.41) is 16.2. The van der Waals surface area contributed by atoms with Crippen LogP contribution in [0.4, 0.5) is 0 Å². The van der Waals surface area contributed by atoms with E-state index in [2.05, 4.69) is 17.0 Å². The van der Waals surface area contributed by atoms with Crippen molar-refractivity contribution in [3.8, 4) is 17.2 Å². The highest BCUT2D eigenvalue weighted by atomic mass is 35.5. The molecule has 11 heteroatoms. The fourth-order valence-corrected chi connectivity index (χ4v) is 5.50. The molecule has 0 atom stereocenters. The molecular formula is C31H37ClN4O5S. The summed E-state index contributed by atoms with van der Waals surface area (Å²) in [6.07, 6.45) is 8.18. The fraction of sp³-hybridized carbons (Fsp3) is 0.419. The van der Waals surface area contributed by atoms with E-state index in [0.717, 1.165) is 30.1 Å². The molecule has 9 nitrogen and oxygen atoms in total. The lowest BCUT2D eigenvalue weighted by Crippen LogP contribution is -2.35. The van der Waals surface area contributed by atoms with Gasteiger partial charge in [0.25, 0.3) is 5.91 Å². The second-order valence-electron chi connectivity index (χ2n) is 9.83. The summed E-state index contributed by atoms with van der Waals surface area (Å²) in [4.78, 5) is 17.0. The topological polar surface area (TPSA) is 106 Å². The largest absolute Gasteiger partial charge is 0.493 e. The maximum Gasteiger partial charge on any atom is 0.283 e. The zero-order chi connectivity index (χ0) is 29.9.